The average molecular weight is 247 g/mol. The highest BCUT2D eigenvalue weighted by atomic mass is 16.5. The SMILES string of the molecule is C=CCOc1ccc(CNC[C@H]2CCCO2)cc1. The van der Waals surface area contributed by atoms with Crippen LogP contribution >= 0.6 is 0 Å². The van der Waals surface area contributed by atoms with E-state index in [2.05, 4.69) is 24.0 Å². The molecule has 0 aliphatic carbocycles. The van der Waals surface area contributed by atoms with Crippen LogP contribution in [0.4, 0.5) is 0 Å². The predicted octanol–water partition coefficient (Wildman–Crippen LogP) is 2.52. The smallest absolute Gasteiger partial charge is 0.119 e. The standard InChI is InChI=1S/C15H21NO2/c1-2-9-17-14-7-5-13(6-8-14)11-16-12-15-4-3-10-18-15/h2,5-8,15-16H,1,3-4,9-12H2/t15-/m1/s1. The lowest BCUT2D eigenvalue weighted by atomic mass is 10.2. The Morgan fingerprint density at radius 2 is 2.22 bits per heavy atom. The molecule has 1 heterocycles. The van der Waals surface area contributed by atoms with E-state index in [1.54, 1.807) is 6.08 Å². The molecule has 1 aromatic rings. The number of ether oxygens (including phenoxy) is 2. The zero-order chi connectivity index (χ0) is 12.6. The molecule has 98 valence electrons. The Labute approximate surface area is 109 Å². The summed E-state index contributed by atoms with van der Waals surface area (Å²) in [5, 5.41) is 3.42. The summed E-state index contributed by atoms with van der Waals surface area (Å²) in [6.07, 6.45) is 4.53. The summed E-state index contributed by atoms with van der Waals surface area (Å²) in [5.41, 5.74) is 1.26. The number of rotatable bonds is 7. The van der Waals surface area contributed by atoms with Gasteiger partial charge in [-0.15, -0.1) is 0 Å². The minimum absolute atomic E-state index is 0.403. The van der Waals surface area contributed by atoms with Gasteiger partial charge >= 0.3 is 0 Å². The van der Waals surface area contributed by atoms with Crippen LogP contribution in [0.25, 0.3) is 0 Å². The third-order valence-electron chi connectivity index (χ3n) is 3.02. The largest absolute Gasteiger partial charge is 0.490 e. The van der Waals surface area contributed by atoms with Crippen molar-refractivity contribution in [2.24, 2.45) is 0 Å². The first kappa shape index (κ1) is 13.1. The second-order valence-corrected chi connectivity index (χ2v) is 4.51. The van der Waals surface area contributed by atoms with E-state index in [1.165, 1.54) is 18.4 Å². The van der Waals surface area contributed by atoms with Crippen LogP contribution in [0.5, 0.6) is 5.75 Å². The van der Waals surface area contributed by atoms with E-state index in [0.717, 1.165) is 25.4 Å². The highest BCUT2D eigenvalue weighted by Crippen LogP contribution is 2.13. The Morgan fingerprint density at radius 3 is 2.89 bits per heavy atom. The van der Waals surface area contributed by atoms with Gasteiger partial charge in [0.2, 0.25) is 0 Å². The van der Waals surface area contributed by atoms with Crippen LogP contribution < -0.4 is 10.1 Å². The molecule has 0 aromatic heterocycles. The minimum Gasteiger partial charge on any atom is -0.490 e. The molecule has 1 atom stereocenters. The van der Waals surface area contributed by atoms with Crippen molar-refractivity contribution in [2.45, 2.75) is 25.5 Å². The molecule has 0 saturated carbocycles. The normalized spacial score (nSPS) is 18.8. The molecule has 1 N–H and O–H groups in total. The van der Waals surface area contributed by atoms with Gasteiger partial charge in [-0.25, -0.2) is 0 Å². The first-order chi connectivity index (χ1) is 8.88. The topological polar surface area (TPSA) is 30.5 Å². The zero-order valence-electron chi connectivity index (χ0n) is 10.7. The van der Waals surface area contributed by atoms with E-state index in [0.29, 0.717) is 12.7 Å². The predicted molar refractivity (Wildman–Crippen MR) is 72.8 cm³/mol. The van der Waals surface area contributed by atoms with Gasteiger partial charge in [0, 0.05) is 19.7 Å². The van der Waals surface area contributed by atoms with Crippen LogP contribution in [-0.2, 0) is 11.3 Å². The first-order valence-corrected chi connectivity index (χ1v) is 6.53. The van der Waals surface area contributed by atoms with Crippen molar-refractivity contribution in [1.82, 2.24) is 5.32 Å². The number of benzene rings is 1. The molecule has 18 heavy (non-hydrogen) atoms. The Bertz CT molecular complexity index is 355. The van der Waals surface area contributed by atoms with Gasteiger partial charge in [-0.1, -0.05) is 24.8 Å². The summed E-state index contributed by atoms with van der Waals surface area (Å²) in [6.45, 7) is 6.91. The van der Waals surface area contributed by atoms with E-state index in [4.69, 9.17) is 9.47 Å². The van der Waals surface area contributed by atoms with Gasteiger partial charge in [0.15, 0.2) is 0 Å². The lowest BCUT2D eigenvalue weighted by Gasteiger charge is -2.11. The maximum absolute atomic E-state index is 5.56. The van der Waals surface area contributed by atoms with Gasteiger partial charge in [0.05, 0.1) is 6.10 Å². The van der Waals surface area contributed by atoms with E-state index in [1.807, 2.05) is 12.1 Å². The van der Waals surface area contributed by atoms with Gasteiger partial charge in [0.25, 0.3) is 0 Å². The molecular formula is C15H21NO2. The lowest BCUT2D eigenvalue weighted by molar-refractivity contribution is 0.110. The van der Waals surface area contributed by atoms with Gasteiger partial charge in [-0.2, -0.15) is 0 Å². The maximum atomic E-state index is 5.56. The molecular weight excluding hydrogens is 226 g/mol. The molecule has 0 radical (unpaired) electrons. The molecule has 0 bridgehead atoms. The van der Waals surface area contributed by atoms with Crippen LogP contribution in [0.2, 0.25) is 0 Å². The summed E-state index contributed by atoms with van der Waals surface area (Å²) >= 11 is 0. The van der Waals surface area contributed by atoms with Crippen molar-refractivity contribution in [2.75, 3.05) is 19.8 Å². The Kier molecular flexibility index (Phi) is 5.24. The van der Waals surface area contributed by atoms with Gasteiger partial charge in [-0.3, -0.25) is 0 Å². The summed E-state index contributed by atoms with van der Waals surface area (Å²) in [7, 11) is 0. The molecule has 1 saturated heterocycles. The first-order valence-electron chi connectivity index (χ1n) is 6.53. The highest BCUT2D eigenvalue weighted by Gasteiger charge is 2.14. The second-order valence-electron chi connectivity index (χ2n) is 4.51. The van der Waals surface area contributed by atoms with Crippen LogP contribution in [-0.4, -0.2) is 25.9 Å². The molecule has 0 spiro atoms. The van der Waals surface area contributed by atoms with Crippen molar-refractivity contribution in [1.29, 1.82) is 0 Å². The zero-order valence-corrected chi connectivity index (χ0v) is 10.7. The number of nitrogens with one attached hydrogen (secondary N) is 1. The fourth-order valence-corrected chi connectivity index (χ4v) is 2.04. The maximum Gasteiger partial charge on any atom is 0.119 e. The molecule has 2 rings (SSSR count). The van der Waals surface area contributed by atoms with E-state index in [9.17, 15) is 0 Å². The molecule has 1 aliphatic rings. The summed E-state index contributed by atoms with van der Waals surface area (Å²) in [4.78, 5) is 0. The molecule has 3 nitrogen and oxygen atoms in total. The van der Waals surface area contributed by atoms with Crippen molar-refractivity contribution >= 4 is 0 Å². The summed E-state index contributed by atoms with van der Waals surface area (Å²) < 4.78 is 11.0. The second kappa shape index (κ2) is 7.19. The molecule has 1 aromatic carbocycles. The van der Waals surface area contributed by atoms with Crippen molar-refractivity contribution < 1.29 is 9.47 Å². The van der Waals surface area contributed by atoms with E-state index in [-0.39, 0.29) is 0 Å². The van der Waals surface area contributed by atoms with Crippen LogP contribution in [0.3, 0.4) is 0 Å². The fraction of sp³-hybridized carbons (Fsp3) is 0.467. The van der Waals surface area contributed by atoms with Gasteiger partial charge < -0.3 is 14.8 Å². The van der Waals surface area contributed by atoms with E-state index >= 15 is 0 Å². The third-order valence-corrected chi connectivity index (χ3v) is 3.02. The Balaban J connectivity index is 1.70. The van der Waals surface area contributed by atoms with Gasteiger partial charge in [0.1, 0.15) is 12.4 Å². The van der Waals surface area contributed by atoms with E-state index < -0.39 is 0 Å². The highest BCUT2D eigenvalue weighted by molar-refractivity contribution is 5.27. The lowest BCUT2D eigenvalue weighted by Crippen LogP contribution is -2.25. The minimum atomic E-state index is 0.403. The van der Waals surface area contributed by atoms with Crippen molar-refractivity contribution in [3.63, 3.8) is 0 Å². The molecule has 1 aliphatic heterocycles. The Hall–Kier alpha value is -1.32. The summed E-state index contributed by atoms with van der Waals surface area (Å²) in [6, 6.07) is 8.15. The van der Waals surface area contributed by atoms with Crippen LogP contribution in [0.1, 0.15) is 18.4 Å². The summed E-state index contributed by atoms with van der Waals surface area (Å²) in [5.74, 6) is 0.887. The molecule has 0 unspecified atom stereocenters. The van der Waals surface area contributed by atoms with Crippen molar-refractivity contribution in [3.8, 4) is 5.75 Å². The third kappa shape index (κ3) is 4.17. The monoisotopic (exact) mass is 247 g/mol. The number of hydrogen-bond donors (Lipinski definition) is 1. The van der Waals surface area contributed by atoms with Crippen LogP contribution in [0, 0.1) is 0 Å². The quantitative estimate of drug-likeness (QED) is 0.751. The molecule has 0 amide bonds. The van der Waals surface area contributed by atoms with Gasteiger partial charge in [-0.05, 0) is 30.5 Å². The number of hydrogen-bond acceptors (Lipinski definition) is 3. The van der Waals surface area contributed by atoms with Crippen molar-refractivity contribution in [3.05, 3.63) is 42.5 Å². The fourth-order valence-electron chi connectivity index (χ4n) is 2.04. The van der Waals surface area contributed by atoms with Crippen LogP contribution in [0.15, 0.2) is 36.9 Å². The Morgan fingerprint density at radius 1 is 1.39 bits per heavy atom. The molecule has 1 fully saturated rings. The average Bonchev–Trinajstić information content (AvgIpc) is 2.91. The molecule has 3 heteroatoms.